The number of hydrogen-bond acceptors (Lipinski definition) is 1. The van der Waals surface area contributed by atoms with Crippen LogP contribution in [0.25, 0.3) is 0 Å². The van der Waals surface area contributed by atoms with E-state index in [9.17, 15) is 13.2 Å². The number of thioether (sulfide) groups is 1. The molecule has 2 rings (SSSR count). The van der Waals surface area contributed by atoms with Crippen molar-refractivity contribution in [2.75, 3.05) is 0 Å². The van der Waals surface area contributed by atoms with Crippen LogP contribution in [0.3, 0.4) is 0 Å². The third-order valence-corrected chi connectivity index (χ3v) is 5.13. The molecule has 1 fully saturated rings. The zero-order chi connectivity index (χ0) is 17.8. The standard InChI is InChI=1S/C20H25F3S/c1-19(2,3)17-13-12-16(18(14-17)24-20(21,22)23)11-10-15-8-6-4-5-7-9-15/h12-15H,4-9H2,1-3H3. The van der Waals surface area contributed by atoms with E-state index in [1.807, 2.05) is 26.8 Å². The summed E-state index contributed by atoms with van der Waals surface area (Å²) in [6.45, 7) is 6.00. The lowest BCUT2D eigenvalue weighted by Gasteiger charge is -2.20. The zero-order valence-corrected chi connectivity index (χ0v) is 15.4. The molecule has 0 aliphatic heterocycles. The van der Waals surface area contributed by atoms with Crippen molar-refractivity contribution in [2.45, 2.75) is 75.1 Å². The minimum atomic E-state index is -4.30. The Bertz CT molecular complexity index is 606. The van der Waals surface area contributed by atoms with Crippen molar-refractivity contribution in [3.63, 3.8) is 0 Å². The van der Waals surface area contributed by atoms with Gasteiger partial charge >= 0.3 is 5.51 Å². The molecule has 132 valence electrons. The van der Waals surface area contributed by atoms with Gasteiger partial charge in [-0.15, -0.1) is 0 Å². The largest absolute Gasteiger partial charge is 0.446 e. The first-order chi connectivity index (χ1) is 11.1. The van der Waals surface area contributed by atoms with Gasteiger partial charge in [0.2, 0.25) is 0 Å². The van der Waals surface area contributed by atoms with Gasteiger partial charge in [-0.25, -0.2) is 0 Å². The van der Waals surface area contributed by atoms with E-state index in [0.29, 0.717) is 11.5 Å². The van der Waals surface area contributed by atoms with E-state index in [1.165, 1.54) is 25.7 Å². The molecule has 0 spiro atoms. The van der Waals surface area contributed by atoms with Crippen molar-refractivity contribution in [3.05, 3.63) is 29.3 Å². The van der Waals surface area contributed by atoms with Crippen molar-refractivity contribution < 1.29 is 13.2 Å². The fourth-order valence-corrected chi connectivity index (χ4v) is 3.57. The third-order valence-electron chi connectivity index (χ3n) is 4.34. The van der Waals surface area contributed by atoms with Crippen LogP contribution in [-0.2, 0) is 5.41 Å². The van der Waals surface area contributed by atoms with E-state index < -0.39 is 5.51 Å². The number of hydrogen-bond donors (Lipinski definition) is 0. The van der Waals surface area contributed by atoms with Gasteiger partial charge in [0.1, 0.15) is 0 Å². The molecule has 1 aliphatic rings. The molecule has 0 saturated heterocycles. The average Bonchev–Trinajstić information content (AvgIpc) is 2.72. The first-order valence-corrected chi connectivity index (χ1v) is 9.38. The number of rotatable bonds is 1. The van der Waals surface area contributed by atoms with Gasteiger partial charge in [-0.3, -0.25) is 0 Å². The second kappa shape index (κ2) is 7.87. The van der Waals surface area contributed by atoms with Crippen LogP contribution < -0.4 is 0 Å². The molecule has 24 heavy (non-hydrogen) atoms. The van der Waals surface area contributed by atoms with E-state index >= 15 is 0 Å². The molecular weight excluding hydrogens is 329 g/mol. The van der Waals surface area contributed by atoms with E-state index in [2.05, 4.69) is 11.8 Å². The molecule has 0 unspecified atom stereocenters. The molecular formula is C20H25F3S. The highest BCUT2D eigenvalue weighted by atomic mass is 32.2. The van der Waals surface area contributed by atoms with Gasteiger partial charge < -0.3 is 0 Å². The van der Waals surface area contributed by atoms with E-state index in [0.717, 1.165) is 18.4 Å². The minimum absolute atomic E-state index is 0.0541. The highest BCUT2D eigenvalue weighted by molar-refractivity contribution is 8.00. The van der Waals surface area contributed by atoms with Crippen molar-refractivity contribution in [1.82, 2.24) is 0 Å². The molecule has 1 aliphatic carbocycles. The zero-order valence-electron chi connectivity index (χ0n) is 14.6. The predicted molar refractivity (Wildman–Crippen MR) is 95.1 cm³/mol. The average molecular weight is 354 g/mol. The molecule has 0 radical (unpaired) electrons. The Morgan fingerprint density at radius 3 is 2.17 bits per heavy atom. The van der Waals surface area contributed by atoms with E-state index in [-0.39, 0.29) is 22.1 Å². The lowest BCUT2D eigenvalue weighted by atomic mass is 9.86. The molecule has 0 amide bonds. The monoisotopic (exact) mass is 354 g/mol. The van der Waals surface area contributed by atoms with Crippen molar-refractivity contribution >= 4 is 11.8 Å². The Labute approximate surface area is 147 Å². The predicted octanol–water partition coefficient (Wildman–Crippen LogP) is 6.92. The van der Waals surface area contributed by atoms with Crippen molar-refractivity contribution in [1.29, 1.82) is 0 Å². The van der Waals surface area contributed by atoms with Crippen LogP contribution in [0.1, 0.15) is 70.4 Å². The van der Waals surface area contributed by atoms with Crippen molar-refractivity contribution in [3.8, 4) is 11.8 Å². The second-order valence-corrected chi connectivity index (χ2v) is 8.57. The summed E-state index contributed by atoms with van der Waals surface area (Å²) in [5.74, 6) is 6.59. The van der Waals surface area contributed by atoms with Crippen LogP contribution >= 0.6 is 11.8 Å². The van der Waals surface area contributed by atoms with Gasteiger partial charge in [0.05, 0.1) is 0 Å². The molecule has 0 atom stereocenters. The van der Waals surface area contributed by atoms with Gasteiger partial charge in [-0.2, -0.15) is 13.2 Å². The molecule has 0 nitrogen and oxygen atoms in total. The Hall–Kier alpha value is -1.08. The highest BCUT2D eigenvalue weighted by Crippen LogP contribution is 2.40. The Kier molecular flexibility index (Phi) is 6.31. The number of halogens is 3. The van der Waals surface area contributed by atoms with Crippen LogP contribution in [0.2, 0.25) is 0 Å². The Morgan fingerprint density at radius 1 is 1.00 bits per heavy atom. The summed E-state index contributed by atoms with van der Waals surface area (Å²) in [6, 6.07) is 5.30. The topological polar surface area (TPSA) is 0 Å². The quantitative estimate of drug-likeness (QED) is 0.300. The van der Waals surface area contributed by atoms with Crippen LogP contribution in [0.15, 0.2) is 23.1 Å². The molecule has 0 aromatic heterocycles. The molecule has 0 heterocycles. The van der Waals surface area contributed by atoms with Crippen LogP contribution in [0.4, 0.5) is 13.2 Å². The Morgan fingerprint density at radius 2 is 1.62 bits per heavy atom. The van der Waals surface area contributed by atoms with Gasteiger partial charge in [-0.1, -0.05) is 64.4 Å². The molecule has 1 aromatic rings. The van der Waals surface area contributed by atoms with Gasteiger partial charge in [0, 0.05) is 16.4 Å². The summed E-state index contributed by atoms with van der Waals surface area (Å²) < 4.78 is 38.7. The summed E-state index contributed by atoms with van der Waals surface area (Å²) in [5.41, 5.74) is -3.09. The summed E-state index contributed by atoms with van der Waals surface area (Å²) in [4.78, 5) is 0.219. The smallest absolute Gasteiger partial charge is 0.160 e. The third kappa shape index (κ3) is 6.09. The van der Waals surface area contributed by atoms with E-state index in [4.69, 9.17) is 0 Å². The summed E-state index contributed by atoms with van der Waals surface area (Å²) in [5, 5.41) is 0. The maximum atomic E-state index is 12.9. The van der Waals surface area contributed by atoms with Crippen LogP contribution in [0, 0.1) is 17.8 Å². The highest BCUT2D eigenvalue weighted by Gasteiger charge is 2.31. The first kappa shape index (κ1) is 19.2. The SMILES string of the molecule is CC(C)(C)c1ccc(C#CC2CCCCCC2)c(SC(F)(F)F)c1. The summed E-state index contributed by atoms with van der Waals surface area (Å²) >= 11 is -0.0541. The molecule has 0 N–H and O–H groups in total. The first-order valence-electron chi connectivity index (χ1n) is 8.57. The second-order valence-electron chi connectivity index (χ2n) is 7.47. The lowest BCUT2D eigenvalue weighted by molar-refractivity contribution is -0.0328. The molecule has 4 heteroatoms. The van der Waals surface area contributed by atoms with Crippen molar-refractivity contribution in [2.24, 2.45) is 5.92 Å². The van der Waals surface area contributed by atoms with Gasteiger partial charge in [0.15, 0.2) is 0 Å². The number of benzene rings is 1. The number of alkyl halides is 3. The maximum absolute atomic E-state index is 12.9. The van der Waals surface area contributed by atoms with Crippen LogP contribution in [-0.4, -0.2) is 5.51 Å². The summed E-state index contributed by atoms with van der Waals surface area (Å²) in [7, 11) is 0. The molecule has 1 aromatic carbocycles. The van der Waals surface area contributed by atoms with Gasteiger partial charge in [-0.05, 0) is 47.7 Å². The lowest BCUT2D eigenvalue weighted by Crippen LogP contribution is -2.11. The minimum Gasteiger partial charge on any atom is -0.160 e. The van der Waals surface area contributed by atoms with Gasteiger partial charge in [0.25, 0.3) is 0 Å². The molecule has 1 saturated carbocycles. The normalized spacial score (nSPS) is 17.1. The summed E-state index contributed by atoms with van der Waals surface area (Å²) in [6.07, 6.45) is 6.96. The maximum Gasteiger partial charge on any atom is 0.446 e. The molecule has 0 bridgehead atoms. The Balaban J connectivity index is 2.30. The van der Waals surface area contributed by atoms with E-state index in [1.54, 1.807) is 12.1 Å². The fourth-order valence-electron chi connectivity index (χ4n) is 2.90. The fraction of sp³-hybridized carbons (Fsp3) is 0.600. The van der Waals surface area contributed by atoms with Crippen LogP contribution in [0.5, 0.6) is 0 Å².